The molecular formula is C18H24N4O2. The molecule has 1 amide bonds. The van der Waals surface area contributed by atoms with Crippen LogP contribution in [0.1, 0.15) is 33.9 Å². The molecule has 0 saturated carbocycles. The molecule has 1 aromatic heterocycles. The number of ether oxygens (including phenoxy) is 1. The first-order chi connectivity index (χ1) is 11.5. The van der Waals surface area contributed by atoms with Crippen molar-refractivity contribution in [2.45, 2.75) is 27.2 Å². The summed E-state index contributed by atoms with van der Waals surface area (Å²) in [6.07, 6.45) is 0.865. The van der Waals surface area contributed by atoms with E-state index in [1.54, 1.807) is 20.1 Å². The molecule has 0 bridgehead atoms. The van der Waals surface area contributed by atoms with E-state index in [-0.39, 0.29) is 5.91 Å². The summed E-state index contributed by atoms with van der Waals surface area (Å²) in [5.41, 5.74) is 3.32. The lowest BCUT2D eigenvalue weighted by molar-refractivity contribution is 0.102. The molecule has 0 spiro atoms. The number of hydrogen-bond donors (Lipinski definition) is 2. The van der Waals surface area contributed by atoms with Crippen LogP contribution < -0.4 is 10.6 Å². The van der Waals surface area contributed by atoms with Gasteiger partial charge >= 0.3 is 0 Å². The Bertz CT molecular complexity index is 716. The second kappa shape index (κ2) is 8.40. The summed E-state index contributed by atoms with van der Waals surface area (Å²) in [5.74, 6) is 0.955. The molecule has 0 aliphatic carbocycles. The highest BCUT2D eigenvalue weighted by Crippen LogP contribution is 2.19. The molecular weight excluding hydrogens is 304 g/mol. The summed E-state index contributed by atoms with van der Waals surface area (Å²) in [5, 5.41) is 6.11. The van der Waals surface area contributed by atoms with E-state index in [4.69, 9.17) is 4.74 Å². The summed E-state index contributed by atoms with van der Waals surface area (Å²) in [6.45, 7) is 7.18. The van der Waals surface area contributed by atoms with Gasteiger partial charge in [0.25, 0.3) is 5.91 Å². The Balaban J connectivity index is 2.11. The van der Waals surface area contributed by atoms with E-state index in [1.807, 2.05) is 32.0 Å². The largest absolute Gasteiger partial charge is 0.385 e. The average molecular weight is 328 g/mol. The Kier molecular flexibility index (Phi) is 6.26. The number of aryl methyl sites for hydroxylation is 2. The smallest absolute Gasteiger partial charge is 0.274 e. The van der Waals surface area contributed by atoms with Crippen LogP contribution in [0.5, 0.6) is 0 Å². The van der Waals surface area contributed by atoms with E-state index in [0.717, 1.165) is 29.8 Å². The summed E-state index contributed by atoms with van der Waals surface area (Å²) in [6, 6.07) is 7.49. The van der Waals surface area contributed by atoms with Crippen LogP contribution >= 0.6 is 0 Å². The van der Waals surface area contributed by atoms with Crippen molar-refractivity contribution in [1.29, 1.82) is 0 Å². The second-order valence-electron chi connectivity index (χ2n) is 5.66. The monoisotopic (exact) mass is 328 g/mol. The van der Waals surface area contributed by atoms with E-state index < -0.39 is 0 Å². The van der Waals surface area contributed by atoms with Crippen LogP contribution in [0.25, 0.3) is 0 Å². The maximum Gasteiger partial charge on any atom is 0.274 e. The van der Waals surface area contributed by atoms with Gasteiger partial charge in [-0.2, -0.15) is 0 Å². The van der Waals surface area contributed by atoms with Crippen molar-refractivity contribution < 1.29 is 9.53 Å². The number of rotatable bonds is 7. The van der Waals surface area contributed by atoms with Gasteiger partial charge in [-0.15, -0.1) is 0 Å². The summed E-state index contributed by atoms with van der Waals surface area (Å²) >= 11 is 0. The molecule has 0 saturated heterocycles. The maximum atomic E-state index is 12.5. The zero-order valence-electron chi connectivity index (χ0n) is 14.6. The van der Waals surface area contributed by atoms with Crippen molar-refractivity contribution in [2.24, 2.45) is 0 Å². The van der Waals surface area contributed by atoms with Crippen LogP contribution in [-0.2, 0) is 4.74 Å². The molecule has 0 radical (unpaired) electrons. The SMILES string of the molecule is COCCCNc1cc(C(=O)Nc2cccc(C)c2C)nc(C)n1. The fraction of sp³-hybridized carbons (Fsp3) is 0.389. The fourth-order valence-electron chi connectivity index (χ4n) is 2.28. The number of hydrogen-bond acceptors (Lipinski definition) is 5. The molecule has 2 aromatic rings. The number of carbonyl (C=O) groups excluding carboxylic acids is 1. The van der Waals surface area contributed by atoms with Crippen molar-refractivity contribution in [3.05, 3.63) is 46.9 Å². The van der Waals surface area contributed by atoms with Crippen LogP contribution in [0.15, 0.2) is 24.3 Å². The summed E-state index contributed by atoms with van der Waals surface area (Å²) < 4.78 is 5.02. The number of amides is 1. The van der Waals surface area contributed by atoms with Gasteiger partial charge in [0.05, 0.1) is 0 Å². The molecule has 128 valence electrons. The lowest BCUT2D eigenvalue weighted by atomic mass is 10.1. The number of methoxy groups -OCH3 is 1. The maximum absolute atomic E-state index is 12.5. The molecule has 0 unspecified atom stereocenters. The van der Waals surface area contributed by atoms with Gasteiger partial charge in [0.15, 0.2) is 0 Å². The zero-order chi connectivity index (χ0) is 17.5. The second-order valence-corrected chi connectivity index (χ2v) is 5.66. The molecule has 0 aliphatic heterocycles. The van der Waals surface area contributed by atoms with Crippen molar-refractivity contribution >= 4 is 17.4 Å². The molecule has 6 heteroatoms. The Morgan fingerprint density at radius 3 is 2.75 bits per heavy atom. The predicted molar refractivity (Wildman–Crippen MR) is 95.6 cm³/mol. The first-order valence-electron chi connectivity index (χ1n) is 7.97. The first-order valence-corrected chi connectivity index (χ1v) is 7.97. The van der Waals surface area contributed by atoms with Gasteiger partial charge in [-0.05, 0) is 44.4 Å². The normalized spacial score (nSPS) is 10.5. The standard InChI is InChI=1S/C18H24N4O2/c1-12-7-5-8-15(13(12)2)22-18(23)16-11-17(21-14(3)20-16)19-9-6-10-24-4/h5,7-8,11H,6,9-10H2,1-4H3,(H,22,23)(H,19,20,21). The Labute approximate surface area is 142 Å². The average Bonchev–Trinajstić information content (AvgIpc) is 2.55. The Morgan fingerprint density at radius 2 is 2.00 bits per heavy atom. The Hall–Kier alpha value is -2.47. The van der Waals surface area contributed by atoms with Crippen LogP contribution in [0, 0.1) is 20.8 Å². The molecule has 0 atom stereocenters. The summed E-state index contributed by atoms with van der Waals surface area (Å²) in [4.78, 5) is 21.1. The fourth-order valence-corrected chi connectivity index (χ4v) is 2.28. The third-order valence-corrected chi connectivity index (χ3v) is 3.75. The van der Waals surface area contributed by atoms with E-state index in [1.165, 1.54) is 0 Å². The van der Waals surface area contributed by atoms with Gasteiger partial charge in [0.2, 0.25) is 0 Å². The molecule has 1 aromatic carbocycles. The number of nitrogens with zero attached hydrogens (tertiary/aromatic N) is 2. The highest BCUT2D eigenvalue weighted by molar-refractivity contribution is 6.03. The number of carbonyl (C=O) groups is 1. The third-order valence-electron chi connectivity index (χ3n) is 3.75. The van der Waals surface area contributed by atoms with Crippen LogP contribution in [0.4, 0.5) is 11.5 Å². The Morgan fingerprint density at radius 1 is 1.21 bits per heavy atom. The zero-order valence-corrected chi connectivity index (χ0v) is 14.6. The third kappa shape index (κ3) is 4.76. The van der Waals surface area contributed by atoms with Gasteiger partial charge in [0, 0.05) is 32.0 Å². The van der Waals surface area contributed by atoms with E-state index in [9.17, 15) is 4.79 Å². The van der Waals surface area contributed by atoms with Crippen LogP contribution in [0.2, 0.25) is 0 Å². The number of benzene rings is 1. The van der Waals surface area contributed by atoms with Crippen molar-refractivity contribution in [3.63, 3.8) is 0 Å². The van der Waals surface area contributed by atoms with Crippen LogP contribution in [-0.4, -0.2) is 36.1 Å². The lowest BCUT2D eigenvalue weighted by Gasteiger charge is -2.11. The minimum absolute atomic E-state index is 0.242. The molecule has 2 N–H and O–H groups in total. The van der Waals surface area contributed by atoms with Gasteiger partial charge in [-0.25, -0.2) is 9.97 Å². The van der Waals surface area contributed by atoms with Gasteiger partial charge < -0.3 is 15.4 Å². The van der Waals surface area contributed by atoms with Gasteiger partial charge in [0.1, 0.15) is 17.3 Å². The van der Waals surface area contributed by atoms with Crippen molar-refractivity contribution in [3.8, 4) is 0 Å². The molecule has 2 rings (SSSR count). The van der Waals surface area contributed by atoms with Crippen molar-refractivity contribution in [2.75, 3.05) is 30.9 Å². The molecule has 0 fully saturated rings. The summed E-state index contributed by atoms with van der Waals surface area (Å²) in [7, 11) is 1.67. The minimum Gasteiger partial charge on any atom is -0.385 e. The van der Waals surface area contributed by atoms with Gasteiger partial charge in [-0.3, -0.25) is 4.79 Å². The van der Waals surface area contributed by atoms with Gasteiger partial charge in [-0.1, -0.05) is 12.1 Å². The first kappa shape index (κ1) is 17.9. The number of anilines is 2. The predicted octanol–water partition coefficient (Wildman–Crippen LogP) is 3.10. The van der Waals surface area contributed by atoms with E-state index >= 15 is 0 Å². The topological polar surface area (TPSA) is 76.1 Å². The van der Waals surface area contributed by atoms with Crippen molar-refractivity contribution in [1.82, 2.24) is 9.97 Å². The molecule has 24 heavy (non-hydrogen) atoms. The molecule has 0 aliphatic rings. The molecule has 6 nitrogen and oxygen atoms in total. The molecule has 1 heterocycles. The number of aromatic nitrogens is 2. The minimum atomic E-state index is -0.242. The lowest BCUT2D eigenvalue weighted by Crippen LogP contribution is -2.17. The van der Waals surface area contributed by atoms with E-state index in [0.29, 0.717) is 23.9 Å². The van der Waals surface area contributed by atoms with E-state index in [2.05, 4.69) is 20.6 Å². The number of nitrogens with one attached hydrogen (secondary N) is 2. The van der Waals surface area contributed by atoms with Crippen LogP contribution in [0.3, 0.4) is 0 Å². The highest BCUT2D eigenvalue weighted by atomic mass is 16.5. The quantitative estimate of drug-likeness (QED) is 0.764. The highest BCUT2D eigenvalue weighted by Gasteiger charge is 2.12.